The number of amides is 2. The molecule has 1 aliphatic heterocycles. The molecule has 0 unspecified atom stereocenters. The largest absolute Gasteiger partial charge is 0.378 e. The summed E-state index contributed by atoms with van der Waals surface area (Å²) in [7, 11) is 3.95. The second kappa shape index (κ2) is 9.40. The van der Waals surface area contributed by atoms with Gasteiger partial charge in [0.15, 0.2) is 0 Å². The minimum absolute atomic E-state index is 0.300. The second-order valence-electron chi connectivity index (χ2n) is 8.01. The summed E-state index contributed by atoms with van der Waals surface area (Å²) >= 11 is 1.45. The number of hydrogen-bond donors (Lipinski definition) is 1. The number of benzene rings is 2. The highest BCUT2D eigenvalue weighted by atomic mass is 32.1. The Morgan fingerprint density at radius 3 is 2.25 bits per heavy atom. The molecule has 1 aromatic heterocycles. The molecule has 0 saturated carbocycles. The van der Waals surface area contributed by atoms with E-state index in [1.54, 1.807) is 0 Å². The van der Waals surface area contributed by atoms with Crippen LogP contribution in [0.4, 0.5) is 17.1 Å². The quantitative estimate of drug-likeness (QED) is 0.462. The molecule has 4 rings (SSSR count). The Bertz CT molecular complexity index is 1130. The Morgan fingerprint density at radius 2 is 1.66 bits per heavy atom. The normalized spacial score (nSPS) is 13.8. The van der Waals surface area contributed by atoms with Gasteiger partial charge >= 0.3 is 0 Å². The number of carbonyl (C=O) groups excluding carboxylic acids is 2. The van der Waals surface area contributed by atoms with Crippen molar-refractivity contribution in [1.29, 1.82) is 0 Å². The molecule has 1 N–H and O–H groups in total. The van der Waals surface area contributed by atoms with Gasteiger partial charge in [-0.2, -0.15) is 0 Å². The molecule has 3 aromatic rings. The first-order chi connectivity index (χ1) is 15.5. The number of hydrogen-bond acceptors (Lipinski definition) is 5. The molecular weight excluding hydrogens is 418 g/mol. The molecule has 0 radical (unpaired) electrons. The van der Waals surface area contributed by atoms with Gasteiger partial charge in [-0.3, -0.25) is 9.59 Å². The highest BCUT2D eigenvalue weighted by Gasteiger charge is 2.40. The Hall–Kier alpha value is -3.38. The van der Waals surface area contributed by atoms with Gasteiger partial charge in [-0.05, 0) is 66.2 Å². The molecule has 1 aliphatic rings. The van der Waals surface area contributed by atoms with Gasteiger partial charge < -0.3 is 10.2 Å². The molecule has 0 atom stereocenters. The molecule has 5 nitrogen and oxygen atoms in total. The van der Waals surface area contributed by atoms with Crippen LogP contribution in [0.25, 0.3) is 5.57 Å². The van der Waals surface area contributed by atoms with E-state index in [2.05, 4.69) is 12.2 Å². The van der Waals surface area contributed by atoms with Crippen LogP contribution in [0, 0.1) is 0 Å². The monoisotopic (exact) mass is 445 g/mol. The van der Waals surface area contributed by atoms with Crippen molar-refractivity contribution in [2.45, 2.75) is 26.2 Å². The lowest BCUT2D eigenvalue weighted by atomic mass is 10.1. The van der Waals surface area contributed by atoms with E-state index < -0.39 is 0 Å². The van der Waals surface area contributed by atoms with Crippen LogP contribution in [0.3, 0.4) is 0 Å². The van der Waals surface area contributed by atoms with Gasteiger partial charge in [-0.1, -0.05) is 31.5 Å². The van der Waals surface area contributed by atoms with Gasteiger partial charge in [0.25, 0.3) is 11.8 Å². The van der Waals surface area contributed by atoms with Crippen molar-refractivity contribution in [3.63, 3.8) is 0 Å². The topological polar surface area (TPSA) is 52.7 Å². The summed E-state index contributed by atoms with van der Waals surface area (Å²) in [6, 6.07) is 19.3. The molecule has 164 valence electrons. The number of imide groups is 1. The van der Waals surface area contributed by atoms with E-state index in [-0.39, 0.29) is 11.8 Å². The maximum Gasteiger partial charge on any atom is 0.282 e. The van der Waals surface area contributed by atoms with Crippen molar-refractivity contribution < 1.29 is 9.59 Å². The van der Waals surface area contributed by atoms with Crippen LogP contribution in [0.2, 0.25) is 0 Å². The summed E-state index contributed by atoms with van der Waals surface area (Å²) in [5, 5.41) is 5.13. The lowest BCUT2D eigenvalue weighted by Crippen LogP contribution is -2.32. The molecule has 0 fully saturated rings. The summed E-state index contributed by atoms with van der Waals surface area (Å²) in [5.74, 6) is -0.637. The SMILES string of the molecule is CCCCc1ccc(N2C(=O)C(Nc3ccc(N(C)C)cc3)=C(c3cccs3)C2=O)cc1. The minimum Gasteiger partial charge on any atom is -0.378 e. The summed E-state index contributed by atoms with van der Waals surface area (Å²) in [6.07, 6.45) is 3.24. The van der Waals surface area contributed by atoms with Crippen LogP contribution in [-0.4, -0.2) is 25.9 Å². The number of thiophene rings is 1. The van der Waals surface area contributed by atoms with Crippen LogP contribution in [0.1, 0.15) is 30.2 Å². The van der Waals surface area contributed by atoms with Crippen LogP contribution < -0.4 is 15.1 Å². The number of aryl methyl sites for hydroxylation is 1. The van der Waals surface area contributed by atoms with Crippen molar-refractivity contribution in [3.8, 4) is 0 Å². The number of rotatable bonds is 8. The third kappa shape index (κ3) is 4.32. The second-order valence-corrected chi connectivity index (χ2v) is 8.96. The van der Waals surface area contributed by atoms with Gasteiger partial charge in [0.2, 0.25) is 0 Å². The van der Waals surface area contributed by atoms with Crippen molar-refractivity contribution in [2.75, 3.05) is 29.2 Å². The van der Waals surface area contributed by atoms with E-state index in [4.69, 9.17) is 0 Å². The first-order valence-corrected chi connectivity index (χ1v) is 11.7. The van der Waals surface area contributed by atoms with Crippen LogP contribution in [0.15, 0.2) is 71.7 Å². The molecule has 0 bridgehead atoms. The average molecular weight is 446 g/mol. The van der Waals surface area contributed by atoms with Crippen molar-refractivity contribution >= 4 is 45.8 Å². The zero-order valence-corrected chi connectivity index (χ0v) is 19.4. The standard InChI is InChI=1S/C26H27N3O2S/c1-4-5-7-18-9-13-21(14-10-18)29-25(30)23(22-8-6-17-32-22)24(26(29)31)27-19-11-15-20(16-12-19)28(2)3/h6,8-17,27H,4-5,7H2,1-3H3. The summed E-state index contributed by atoms with van der Waals surface area (Å²) in [5.41, 5.74) is 4.34. The van der Waals surface area contributed by atoms with Gasteiger partial charge in [-0.25, -0.2) is 4.90 Å². The van der Waals surface area contributed by atoms with E-state index >= 15 is 0 Å². The summed E-state index contributed by atoms with van der Waals surface area (Å²) in [4.78, 5) is 30.9. The Balaban J connectivity index is 1.66. The lowest BCUT2D eigenvalue weighted by molar-refractivity contribution is -0.120. The first kappa shape index (κ1) is 21.8. The third-order valence-electron chi connectivity index (χ3n) is 5.52. The number of unbranched alkanes of at least 4 members (excludes halogenated alkanes) is 1. The molecule has 0 aliphatic carbocycles. The number of nitrogens with one attached hydrogen (secondary N) is 1. The fraction of sp³-hybridized carbons (Fsp3) is 0.231. The zero-order chi connectivity index (χ0) is 22.7. The fourth-order valence-corrected chi connectivity index (χ4v) is 4.48. The lowest BCUT2D eigenvalue weighted by Gasteiger charge is -2.16. The maximum atomic E-state index is 13.4. The molecule has 2 aromatic carbocycles. The number of anilines is 3. The fourth-order valence-electron chi connectivity index (χ4n) is 3.71. The molecule has 32 heavy (non-hydrogen) atoms. The van der Waals surface area contributed by atoms with E-state index in [9.17, 15) is 9.59 Å². The first-order valence-electron chi connectivity index (χ1n) is 10.8. The highest BCUT2D eigenvalue weighted by Crippen LogP contribution is 2.35. The van der Waals surface area contributed by atoms with Crippen molar-refractivity contribution in [3.05, 3.63) is 82.2 Å². The zero-order valence-electron chi connectivity index (χ0n) is 18.6. The van der Waals surface area contributed by atoms with Crippen LogP contribution in [-0.2, 0) is 16.0 Å². The van der Waals surface area contributed by atoms with Gasteiger partial charge in [-0.15, -0.1) is 11.3 Å². The van der Waals surface area contributed by atoms with E-state index in [1.807, 2.05) is 85.0 Å². The molecule has 0 saturated heterocycles. The number of carbonyl (C=O) groups is 2. The van der Waals surface area contributed by atoms with Gasteiger partial charge in [0.05, 0.1) is 11.3 Å². The molecule has 2 heterocycles. The molecular formula is C26H27N3O2S. The predicted molar refractivity (Wildman–Crippen MR) is 133 cm³/mol. The van der Waals surface area contributed by atoms with E-state index in [0.717, 1.165) is 35.5 Å². The smallest absolute Gasteiger partial charge is 0.282 e. The minimum atomic E-state index is -0.337. The average Bonchev–Trinajstić information content (AvgIpc) is 3.40. The van der Waals surface area contributed by atoms with Crippen molar-refractivity contribution in [2.24, 2.45) is 0 Å². The molecule has 0 spiro atoms. The van der Waals surface area contributed by atoms with Gasteiger partial charge in [0.1, 0.15) is 5.70 Å². The van der Waals surface area contributed by atoms with Gasteiger partial charge in [0, 0.05) is 30.3 Å². The molecule has 2 amide bonds. The summed E-state index contributed by atoms with van der Waals surface area (Å²) < 4.78 is 0. The Morgan fingerprint density at radius 1 is 0.938 bits per heavy atom. The Labute approximate surface area is 193 Å². The third-order valence-corrected chi connectivity index (χ3v) is 6.41. The summed E-state index contributed by atoms with van der Waals surface area (Å²) in [6.45, 7) is 2.16. The Kier molecular flexibility index (Phi) is 6.42. The highest BCUT2D eigenvalue weighted by molar-refractivity contribution is 7.11. The van der Waals surface area contributed by atoms with Crippen molar-refractivity contribution in [1.82, 2.24) is 0 Å². The van der Waals surface area contributed by atoms with Crippen LogP contribution >= 0.6 is 11.3 Å². The maximum absolute atomic E-state index is 13.4. The molecule has 6 heteroatoms. The number of nitrogens with zero attached hydrogens (tertiary/aromatic N) is 2. The predicted octanol–water partition coefficient (Wildman–Crippen LogP) is 5.55. The van der Waals surface area contributed by atoms with E-state index in [1.165, 1.54) is 21.8 Å². The van der Waals surface area contributed by atoms with E-state index in [0.29, 0.717) is 17.0 Å². The van der Waals surface area contributed by atoms with Crippen LogP contribution in [0.5, 0.6) is 0 Å².